The average molecular weight is 394 g/mol. The number of nitrogens with zero attached hydrogens (tertiary/aromatic N) is 6. The summed E-state index contributed by atoms with van der Waals surface area (Å²) in [5, 5.41) is 0. The minimum atomic E-state index is -3.91. The van der Waals surface area contributed by atoms with Gasteiger partial charge in [-0.25, -0.2) is 22.8 Å². The van der Waals surface area contributed by atoms with Crippen LogP contribution < -0.4 is 4.90 Å². The zero-order chi connectivity index (χ0) is 18.3. The molecule has 0 bridgehead atoms. The normalized spacial score (nSPS) is 16.3. The Morgan fingerprint density at radius 3 is 2.62 bits per heavy atom. The number of amides is 1. The summed E-state index contributed by atoms with van der Waals surface area (Å²) >= 11 is 0.924. The van der Waals surface area contributed by atoms with E-state index in [0.717, 1.165) is 28.4 Å². The van der Waals surface area contributed by atoms with Crippen LogP contribution in [0.5, 0.6) is 0 Å². The number of hydrogen-bond donors (Lipinski definition) is 0. The van der Waals surface area contributed by atoms with Crippen molar-refractivity contribution in [1.82, 2.24) is 23.0 Å². The average Bonchev–Trinajstić information content (AvgIpc) is 3.11. The van der Waals surface area contributed by atoms with Crippen LogP contribution >= 0.6 is 11.7 Å². The van der Waals surface area contributed by atoms with Gasteiger partial charge in [-0.3, -0.25) is 9.69 Å². The maximum absolute atomic E-state index is 12.9. The molecular weight excluding hydrogens is 383 g/mol. The topological polar surface area (TPSA) is 109 Å². The molecule has 2 aromatic heterocycles. The van der Waals surface area contributed by atoms with Crippen LogP contribution in [0.2, 0.25) is 0 Å². The van der Waals surface area contributed by atoms with E-state index in [2.05, 4.69) is 18.7 Å². The Morgan fingerprint density at radius 1 is 1.12 bits per heavy atom. The van der Waals surface area contributed by atoms with Crippen molar-refractivity contribution in [3.63, 3.8) is 0 Å². The quantitative estimate of drug-likeness (QED) is 0.642. The molecule has 4 rings (SSSR count). The molecule has 12 heteroatoms. The molecular formula is C14H11FN6O3S2. The SMILES string of the molecule is O=C1CN(S(=O)(=O)c2cccc3nsnc23)CCN1c1ncc(F)cn1. The molecule has 134 valence electrons. The number of sulfonamides is 1. The summed E-state index contributed by atoms with van der Waals surface area (Å²) < 4.78 is 48.0. The van der Waals surface area contributed by atoms with Crippen molar-refractivity contribution < 1.29 is 17.6 Å². The largest absolute Gasteiger partial charge is 0.278 e. The maximum atomic E-state index is 12.9. The van der Waals surface area contributed by atoms with Crippen LogP contribution in [0.4, 0.5) is 10.3 Å². The first-order valence-corrected chi connectivity index (χ1v) is 9.63. The summed E-state index contributed by atoms with van der Waals surface area (Å²) in [5.74, 6) is -1.07. The summed E-state index contributed by atoms with van der Waals surface area (Å²) in [6, 6.07) is 4.70. The van der Waals surface area contributed by atoms with E-state index in [1.807, 2.05) is 0 Å². The van der Waals surface area contributed by atoms with Gasteiger partial charge in [0.25, 0.3) is 0 Å². The highest BCUT2D eigenvalue weighted by molar-refractivity contribution is 7.89. The van der Waals surface area contributed by atoms with Crippen molar-refractivity contribution in [3.05, 3.63) is 36.4 Å². The lowest BCUT2D eigenvalue weighted by Gasteiger charge is -2.32. The van der Waals surface area contributed by atoms with Gasteiger partial charge in [0.15, 0.2) is 5.82 Å². The fourth-order valence-electron chi connectivity index (χ4n) is 2.64. The van der Waals surface area contributed by atoms with Gasteiger partial charge >= 0.3 is 0 Å². The van der Waals surface area contributed by atoms with Crippen LogP contribution in [0.15, 0.2) is 35.5 Å². The first kappa shape index (κ1) is 16.9. The molecule has 9 nitrogen and oxygen atoms in total. The van der Waals surface area contributed by atoms with Crippen LogP contribution in [-0.2, 0) is 14.8 Å². The third-order valence-corrected chi connectivity index (χ3v) is 6.32. The minimum Gasteiger partial charge on any atom is -0.278 e. The second-order valence-electron chi connectivity index (χ2n) is 5.47. The molecule has 26 heavy (non-hydrogen) atoms. The molecule has 0 radical (unpaired) electrons. The van der Waals surface area contributed by atoms with Gasteiger partial charge in [0.2, 0.25) is 21.9 Å². The van der Waals surface area contributed by atoms with Gasteiger partial charge in [0, 0.05) is 13.1 Å². The van der Waals surface area contributed by atoms with Crippen LogP contribution in [0.3, 0.4) is 0 Å². The number of anilines is 1. The van der Waals surface area contributed by atoms with Crippen LogP contribution in [-0.4, -0.2) is 57.0 Å². The highest BCUT2D eigenvalue weighted by atomic mass is 32.2. The Bertz CT molecular complexity index is 1090. The summed E-state index contributed by atoms with van der Waals surface area (Å²) in [7, 11) is -3.91. The monoisotopic (exact) mass is 394 g/mol. The van der Waals surface area contributed by atoms with E-state index in [1.54, 1.807) is 12.1 Å². The van der Waals surface area contributed by atoms with E-state index in [9.17, 15) is 17.6 Å². The number of hydrogen-bond acceptors (Lipinski definition) is 8. The van der Waals surface area contributed by atoms with Crippen LogP contribution in [0.1, 0.15) is 0 Å². The number of carbonyl (C=O) groups is 1. The molecule has 0 atom stereocenters. The predicted octanol–water partition coefficient (Wildman–Crippen LogP) is 0.658. The smallest absolute Gasteiger partial charge is 0.245 e. The van der Waals surface area contributed by atoms with Gasteiger partial charge in [-0.1, -0.05) is 6.07 Å². The number of aromatic nitrogens is 4. The zero-order valence-corrected chi connectivity index (χ0v) is 14.7. The Balaban J connectivity index is 1.61. The van der Waals surface area contributed by atoms with Crippen molar-refractivity contribution in [3.8, 4) is 0 Å². The number of fused-ring (bicyclic) bond motifs is 1. The van der Waals surface area contributed by atoms with E-state index in [0.29, 0.717) is 5.52 Å². The number of piperazine rings is 1. The molecule has 1 saturated heterocycles. The van der Waals surface area contributed by atoms with Gasteiger partial charge in [-0.05, 0) is 12.1 Å². The number of carbonyl (C=O) groups excluding carboxylic acids is 1. The van der Waals surface area contributed by atoms with E-state index >= 15 is 0 Å². The van der Waals surface area contributed by atoms with Crippen LogP contribution in [0.25, 0.3) is 11.0 Å². The van der Waals surface area contributed by atoms with Gasteiger partial charge in [-0.2, -0.15) is 13.1 Å². The lowest BCUT2D eigenvalue weighted by Crippen LogP contribution is -2.52. The third-order valence-electron chi connectivity index (χ3n) is 3.90. The summed E-state index contributed by atoms with van der Waals surface area (Å²) in [4.78, 5) is 21.2. The Labute approximate surface area is 151 Å². The fourth-order valence-corrected chi connectivity index (χ4v) is 4.77. The Morgan fingerprint density at radius 2 is 1.88 bits per heavy atom. The minimum absolute atomic E-state index is 0.0167. The molecule has 3 heterocycles. The van der Waals surface area contributed by atoms with E-state index < -0.39 is 21.7 Å². The van der Waals surface area contributed by atoms with Crippen molar-refractivity contribution in [2.24, 2.45) is 0 Å². The third kappa shape index (κ3) is 2.81. The van der Waals surface area contributed by atoms with Crippen molar-refractivity contribution >= 4 is 44.6 Å². The van der Waals surface area contributed by atoms with Crippen molar-refractivity contribution in [2.45, 2.75) is 4.90 Å². The highest BCUT2D eigenvalue weighted by Gasteiger charge is 2.35. The lowest BCUT2D eigenvalue weighted by atomic mass is 10.3. The number of halogens is 1. The maximum Gasteiger partial charge on any atom is 0.245 e. The second-order valence-corrected chi connectivity index (χ2v) is 7.91. The molecule has 0 unspecified atom stereocenters. The molecule has 1 amide bonds. The van der Waals surface area contributed by atoms with Gasteiger partial charge in [-0.15, -0.1) is 0 Å². The van der Waals surface area contributed by atoms with Crippen molar-refractivity contribution in [2.75, 3.05) is 24.5 Å². The molecule has 0 saturated carbocycles. The first-order valence-electron chi connectivity index (χ1n) is 7.46. The van der Waals surface area contributed by atoms with Gasteiger partial charge in [0.05, 0.1) is 30.7 Å². The molecule has 1 aliphatic heterocycles. The predicted molar refractivity (Wildman–Crippen MR) is 90.5 cm³/mol. The standard InChI is InChI=1S/C14H11FN6O3S2/c15-9-6-16-14(17-7-9)21-5-4-20(8-12(21)22)26(23,24)11-3-1-2-10-13(11)19-25-18-10/h1-3,6-7H,4-5,8H2. The van der Waals surface area contributed by atoms with E-state index in [4.69, 9.17) is 0 Å². The fraction of sp³-hybridized carbons (Fsp3) is 0.214. The molecule has 0 aliphatic carbocycles. The van der Waals surface area contributed by atoms with E-state index in [1.165, 1.54) is 11.0 Å². The highest BCUT2D eigenvalue weighted by Crippen LogP contribution is 2.25. The molecule has 1 aliphatic rings. The summed E-state index contributed by atoms with van der Waals surface area (Å²) in [6.07, 6.45) is 1.91. The molecule has 1 fully saturated rings. The Kier molecular flexibility index (Phi) is 4.09. The first-order chi connectivity index (χ1) is 12.5. The van der Waals surface area contributed by atoms with E-state index in [-0.39, 0.29) is 36.0 Å². The van der Waals surface area contributed by atoms with Crippen molar-refractivity contribution in [1.29, 1.82) is 0 Å². The molecule has 1 aromatic carbocycles. The van der Waals surface area contributed by atoms with Crippen LogP contribution in [0, 0.1) is 5.82 Å². The number of benzene rings is 1. The summed E-state index contributed by atoms with van der Waals surface area (Å²) in [5.41, 5.74) is 0.773. The second kappa shape index (κ2) is 6.30. The number of rotatable bonds is 3. The molecule has 3 aromatic rings. The Hall–Kier alpha value is -2.57. The van der Waals surface area contributed by atoms with Gasteiger partial charge in [0.1, 0.15) is 15.9 Å². The summed E-state index contributed by atoms with van der Waals surface area (Å²) in [6.45, 7) is -0.241. The lowest BCUT2D eigenvalue weighted by molar-refractivity contribution is -0.120. The zero-order valence-electron chi connectivity index (χ0n) is 13.1. The van der Waals surface area contributed by atoms with Gasteiger partial charge < -0.3 is 0 Å². The molecule has 0 spiro atoms. The molecule has 0 N–H and O–H groups in total.